The summed E-state index contributed by atoms with van der Waals surface area (Å²) >= 11 is 0. The quantitative estimate of drug-likeness (QED) is 0.864. The van der Waals surface area contributed by atoms with Gasteiger partial charge in [-0.25, -0.2) is 8.42 Å². The number of sulfone groups is 1. The fourth-order valence-corrected chi connectivity index (χ4v) is 4.66. The minimum Gasteiger partial charge on any atom is -0.314 e. The zero-order valence-electron chi connectivity index (χ0n) is 14.3. The minimum atomic E-state index is -3.15. The van der Waals surface area contributed by atoms with Crippen molar-refractivity contribution < 1.29 is 8.42 Å². The number of piperazine rings is 1. The molecule has 2 saturated heterocycles. The maximum Gasteiger partial charge on any atom is 0.175 e. The third-order valence-corrected chi connectivity index (χ3v) is 6.19. The van der Waals surface area contributed by atoms with Crippen LogP contribution >= 0.6 is 12.4 Å². The molecule has 0 radical (unpaired) electrons. The van der Waals surface area contributed by atoms with E-state index in [2.05, 4.69) is 15.1 Å². The molecule has 5 nitrogen and oxygen atoms in total. The highest BCUT2D eigenvalue weighted by Gasteiger charge is 2.26. The first-order valence-corrected chi connectivity index (χ1v) is 10.4. The molecule has 0 aromatic heterocycles. The maximum absolute atomic E-state index is 11.9. The number of halogens is 1. The van der Waals surface area contributed by atoms with E-state index in [4.69, 9.17) is 0 Å². The van der Waals surface area contributed by atoms with Crippen molar-refractivity contribution >= 4 is 22.2 Å². The van der Waals surface area contributed by atoms with Crippen molar-refractivity contribution in [3.05, 3.63) is 29.8 Å². The summed E-state index contributed by atoms with van der Waals surface area (Å²) in [7, 11) is -3.15. The van der Waals surface area contributed by atoms with E-state index in [1.807, 2.05) is 12.1 Å². The molecule has 2 aliphatic heterocycles. The summed E-state index contributed by atoms with van der Waals surface area (Å²) in [5, 5.41) is 3.41. The zero-order valence-corrected chi connectivity index (χ0v) is 15.9. The van der Waals surface area contributed by atoms with Gasteiger partial charge in [0.1, 0.15) is 0 Å². The van der Waals surface area contributed by atoms with Crippen molar-refractivity contribution in [3.8, 4) is 0 Å². The molecule has 24 heavy (non-hydrogen) atoms. The van der Waals surface area contributed by atoms with E-state index in [1.165, 1.54) is 19.1 Å². The summed E-state index contributed by atoms with van der Waals surface area (Å²) < 4.78 is 23.8. The van der Waals surface area contributed by atoms with Crippen LogP contribution in [-0.4, -0.2) is 69.8 Å². The second kappa shape index (κ2) is 8.63. The summed E-state index contributed by atoms with van der Waals surface area (Å²) in [5.41, 5.74) is 0.927. The molecule has 1 aromatic rings. The highest BCUT2D eigenvalue weighted by molar-refractivity contribution is 7.90. The number of nitrogens with one attached hydrogen (secondary N) is 1. The lowest BCUT2D eigenvalue weighted by Gasteiger charge is -2.40. The monoisotopic (exact) mass is 373 g/mol. The number of hydrogen-bond acceptors (Lipinski definition) is 5. The van der Waals surface area contributed by atoms with Gasteiger partial charge < -0.3 is 5.32 Å². The first kappa shape index (κ1) is 19.7. The normalized spacial score (nSPS) is 21.4. The molecule has 7 heteroatoms. The standard InChI is InChI=1S/C17H27N3O2S.ClH/c1-23(21,22)17-5-3-2-4-15(17)14-19-10-6-16(7-11-19)20-12-8-18-9-13-20;/h2-5,16,18H,6-14H2,1H3;1H. The Bertz CT molecular complexity index is 624. The molecule has 2 aliphatic rings. The first-order valence-electron chi connectivity index (χ1n) is 8.49. The Morgan fingerprint density at radius 3 is 2.33 bits per heavy atom. The van der Waals surface area contributed by atoms with Crippen LogP contribution in [0.1, 0.15) is 18.4 Å². The van der Waals surface area contributed by atoms with Crippen molar-refractivity contribution in [2.24, 2.45) is 0 Å². The predicted molar refractivity (Wildman–Crippen MR) is 99.5 cm³/mol. The lowest BCUT2D eigenvalue weighted by Crippen LogP contribution is -2.51. The molecule has 0 atom stereocenters. The van der Waals surface area contributed by atoms with E-state index in [1.54, 1.807) is 12.1 Å². The molecular formula is C17H28ClN3O2S. The number of likely N-dealkylation sites (tertiary alicyclic amines) is 1. The molecule has 1 aromatic carbocycles. The zero-order chi connectivity index (χ0) is 16.3. The topological polar surface area (TPSA) is 52.7 Å². The molecule has 0 bridgehead atoms. The van der Waals surface area contributed by atoms with Crippen LogP contribution in [0.5, 0.6) is 0 Å². The highest BCUT2D eigenvalue weighted by Crippen LogP contribution is 2.22. The van der Waals surface area contributed by atoms with Crippen LogP contribution < -0.4 is 5.32 Å². The van der Waals surface area contributed by atoms with Crippen molar-refractivity contribution in [1.82, 2.24) is 15.1 Å². The van der Waals surface area contributed by atoms with E-state index in [-0.39, 0.29) is 12.4 Å². The van der Waals surface area contributed by atoms with E-state index in [0.717, 1.165) is 51.4 Å². The Balaban J connectivity index is 0.00000208. The molecule has 0 aliphatic carbocycles. The summed E-state index contributed by atoms with van der Waals surface area (Å²) in [6.07, 6.45) is 3.66. The maximum atomic E-state index is 11.9. The van der Waals surface area contributed by atoms with Gasteiger partial charge in [-0.3, -0.25) is 9.80 Å². The molecule has 2 heterocycles. The Hall–Kier alpha value is -0.660. The average molecular weight is 374 g/mol. The van der Waals surface area contributed by atoms with E-state index in [0.29, 0.717) is 10.9 Å². The number of piperidine rings is 1. The van der Waals surface area contributed by atoms with Crippen LogP contribution in [0.15, 0.2) is 29.2 Å². The van der Waals surface area contributed by atoms with Gasteiger partial charge in [0.15, 0.2) is 9.84 Å². The van der Waals surface area contributed by atoms with Gasteiger partial charge in [-0.05, 0) is 37.6 Å². The smallest absolute Gasteiger partial charge is 0.175 e. The molecule has 2 fully saturated rings. The molecular weight excluding hydrogens is 346 g/mol. The van der Waals surface area contributed by atoms with Gasteiger partial charge in [0, 0.05) is 45.0 Å². The van der Waals surface area contributed by atoms with E-state index in [9.17, 15) is 8.42 Å². The second-order valence-corrected chi connectivity index (χ2v) is 8.66. The molecule has 0 spiro atoms. The van der Waals surface area contributed by atoms with Gasteiger partial charge in [-0.15, -0.1) is 12.4 Å². The van der Waals surface area contributed by atoms with E-state index < -0.39 is 9.84 Å². The van der Waals surface area contributed by atoms with E-state index >= 15 is 0 Å². The fraction of sp³-hybridized carbons (Fsp3) is 0.647. The number of nitrogens with zero attached hydrogens (tertiary/aromatic N) is 2. The van der Waals surface area contributed by atoms with Gasteiger partial charge in [0.05, 0.1) is 4.90 Å². The van der Waals surface area contributed by atoms with Gasteiger partial charge in [-0.1, -0.05) is 18.2 Å². The Labute approximate surface area is 151 Å². The Kier molecular flexibility index (Phi) is 7.07. The largest absolute Gasteiger partial charge is 0.314 e. The third-order valence-electron chi connectivity index (χ3n) is 4.99. The van der Waals surface area contributed by atoms with Crippen LogP contribution in [0.2, 0.25) is 0 Å². The molecule has 3 rings (SSSR count). The highest BCUT2D eigenvalue weighted by atomic mass is 35.5. The van der Waals surface area contributed by atoms with Crippen molar-refractivity contribution in [2.45, 2.75) is 30.3 Å². The summed E-state index contributed by atoms with van der Waals surface area (Å²) in [4.78, 5) is 5.48. The Morgan fingerprint density at radius 2 is 1.71 bits per heavy atom. The average Bonchev–Trinajstić information content (AvgIpc) is 2.56. The van der Waals surface area contributed by atoms with Crippen molar-refractivity contribution in [2.75, 3.05) is 45.5 Å². The molecule has 0 saturated carbocycles. The van der Waals surface area contributed by atoms with Crippen LogP contribution in [0.4, 0.5) is 0 Å². The van der Waals surface area contributed by atoms with Crippen molar-refractivity contribution in [1.29, 1.82) is 0 Å². The van der Waals surface area contributed by atoms with Crippen LogP contribution in [0, 0.1) is 0 Å². The number of benzene rings is 1. The third kappa shape index (κ3) is 4.92. The lowest BCUT2D eigenvalue weighted by molar-refractivity contribution is 0.0944. The van der Waals surface area contributed by atoms with Crippen LogP contribution in [-0.2, 0) is 16.4 Å². The first-order chi connectivity index (χ1) is 11.0. The van der Waals surface area contributed by atoms with Gasteiger partial charge in [0.25, 0.3) is 0 Å². The lowest BCUT2D eigenvalue weighted by atomic mass is 10.0. The fourth-order valence-electron chi connectivity index (χ4n) is 3.73. The van der Waals surface area contributed by atoms with Crippen molar-refractivity contribution in [3.63, 3.8) is 0 Å². The van der Waals surface area contributed by atoms with Crippen LogP contribution in [0.25, 0.3) is 0 Å². The predicted octanol–water partition coefficient (Wildman–Crippen LogP) is 1.38. The van der Waals surface area contributed by atoms with Gasteiger partial charge >= 0.3 is 0 Å². The molecule has 0 unspecified atom stereocenters. The molecule has 1 N–H and O–H groups in total. The number of hydrogen-bond donors (Lipinski definition) is 1. The molecule has 136 valence electrons. The molecule has 0 amide bonds. The van der Waals surface area contributed by atoms with Gasteiger partial charge in [-0.2, -0.15) is 0 Å². The second-order valence-electron chi connectivity index (χ2n) is 6.67. The summed E-state index contributed by atoms with van der Waals surface area (Å²) in [6.45, 7) is 7.34. The summed E-state index contributed by atoms with van der Waals surface area (Å²) in [5.74, 6) is 0. The number of rotatable bonds is 4. The summed E-state index contributed by atoms with van der Waals surface area (Å²) in [6, 6.07) is 8.09. The van der Waals surface area contributed by atoms with Gasteiger partial charge in [0.2, 0.25) is 0 Å². The minimum absolute atomic E-state index is 0. The van der Waals surface area contributed by atoms with Crippen LogP contribution in [0.3, 0.4) is 0 Å². The SMILES string of the molecule is CS(=O)(=O)c1ccccc1CN1CCC(N2CCNCC2)CC1.Cl. The Morgan fingerprint density at radius 1 is 1.08 bits per heavy atom.